The van der Waals surface area contributed by atoms with Crippen LogP contribution < -0.4 is 5.32 Å². The Balaban J connectivity index is 2.03. The van der Waals surface area contributed by atoms with Crippen molar-refractivity contribution in [2.75, 3.05) is 5.32 Å². The molecule has 0 aliphatic heterocycles. The van der Waals surface area contributed by atoms with Crippen LogP contribution in [0.3, 0.4) is 0 Å². The van der Waals surface area contributed by atoms with Gasteiger partial charge < -0.3 is 14.9 Å². The van der Waals surface area contributed by atoms with E-state index in [4.69, 9.17) is 4.52 Å². The Kier molecular flexibility index (Phi) is 3.95. The van der Waals surface area contributed by atoms with Gasteiger partial charge in [0.2, 0.25) is 0 Å². The number of rotatable bonds is 4. The number of nitrogens with one attached hydrogen (secondary N) is 1. The molecule has 5 nitrogen and oxygen atoms in total. The maximum absolute atomic E-state index is 12.8. The summed E-state index contributed by atoms with van der Waals surface area (Å²) in [4.78, 5) is 12.8. The Morgan fingerprint density at radius 3 is 2.00 bits per heavy atom. The first-order chi connectivity index (χ1) is 11.1. The molecule has 0 radical (unpaired) electrons. The number of benzene rings is 2. The third-order valence-electron chi connectivity index (χ3n) is 3.58. The lowest BCUT2D eigenvalue weighted by molar-refractivity contribution is -0.131. The first-order valence-corrected chi connectivity index (χ1v) is 7.19. The van der Waals surface area contributed by atoms with E-state index in [9.17, 15) is 9.90 Å². The maximum Gasteiger partial charge on any atom is 0.267 e. The van der Waals surface area contributed by atoms with Gasteiger partial charge >= 0.3 is 0 Å². The largest absolute Gasteiger partial charge is 0.372 e. The van der Waals surface area contributed by atoms with Crippen molar-refractivity contribution in [2.45, 2.75) is 12.5 Å². The fourth-order valence-corrected chi connectivity index (χ4v) is 2.42. The van der Waals surface area contributed by atoms with Crippen molar-refractivity contribution in [3.8, 4) is 0 Å². The summed E-state index contributed by atoms with van der Waals surface area (Å²) in [5.74, 6) is 0.240. The molecule has 0 saturated carbocycles. The normalized spacial score (nSPS) is 11.2. The van der Waals surface area contributed by atoms with Crippen molar-refractivity contribution in [2.24, 2.45) is 0 Å². The Bertz CT molecular complexity index is 758. The minimum atomic E-state index is -1.82. The number of aryl methyl sites for hydroxylation is 1. The molecule has 0 atom stereocenters. The molecule has 0 fully saturated rings. The highest BCUT2D eigenvalue weighted by molar-refractivity contribution is 5.99. The molecule has 0 saturated heterocycles. The smallest absolute Gasteiger partial charge is 0.267 e. The molecule has 116 valence electrons. The minimum absolute atomic E-state index is 0.262. The average Bonchev–Trinajstić information content (AvgIpc) is 3.00. The summed E-state index contributed by atoms with van der Waals surface area (Å²) in [6.07, 6.45) is 0. The average molecular weight is 308 g/mol. The van der Waals surface area contributed by atoms with Gasteiger partial charge in [0.05, 0.1) is 0 Å². The monoisotopic (exact) mass is 308 g/mol. The predicted molar refractivity (Wildman–Crippen MR) is 85.8 cm³/mol. The van der Waals surface area contributed by atoms with Crippen molar-refractivity contribution in [3.63, 3.8) is 0 Å². The van der Waals surface area contributed by atoms with Crippen LogP contribution in [-0.4, -0.2) is 16.2 Å². The van der Waals surface area contributed by atoms with E-state index >= 15 is 0 Å². The van der Waals surface area contributed by atoms with Crippen LogP contribution in [0.2, 0.25) is 0 Å². The van der Waals surface area contributed by atoms with Gasteiger partial charge in [-0.2, -0.15) is 0 Å². The molecule has 0 spiro atoms. The van der Waals surface area contributed by atoms with E-state index in [0.717, 1.165) is 0 Å². The van der Waals surface area contributed by atoms with E-state index < -0.39 is 11.5 Å². The van der Waals surface area contributed by atoms with Crippen LogP contribution in [0.5, 0.6) is 0 Å². The number of carbonyl (C=O) groups is 1. The standard InChI is InChI=1S/C18H16N2O3/c1-13-12-16(20-23-13)19-17(21)18(22,14-8-4-2-5-9-14)15-10-6-3-7-11-15/h2-12,22H,1H3,(H,19,20,21). The summed E-state index contributed by atoms with van der Waals surface area (Å²) >= 11 is 0. The Morgan fingerprint density at radius 2 is 1.57 bits per heavy atom. The van der Waals surface area contributed by atoms with Crippen LogP contribution in [0.15, 0.2) is 71.3 Å². The summed E-state index contributed by atoms with van der Waals surface area (Å²) in [7, 11) is 0. The Morgan fingerprint density at radius 1 is 1.04 bits per heavy atom. The van der Waals surface area contributed by atoms with E-state index in [2.05, 4.69) is 10.5 Å². The highest BCUT2D eigenvalue weighted by Crippen LogP contribution is 2.31. The van der Waals surface area contributed by atoms with Crippen molar-refractivity contribution in [3.05, 3.63) is 83.6 Å². The number of amides is 1. The predicted octanol–water partition coefficient (Wildman–Crippen LogP) is 2.86. The Hall–Kier alpha value is -2.92. The first-order valence-electron chi connectivity index (χ1n) is 7.19. The molecule has 0 bridgehead atoms. The number of carbonyl (C=O) groups excluding carboxylic acids is 1. The first kappa shape index (κ1) is 15.0. The molecule has 1 heterocycles. The topological polar surface area (TPSA) is 75.4 Å². The van der Waals surface area contributed by atoms with E-state index in [1.54, 1.807) is 61.5 Å². The zero-order valence-corrected chi connectivity index (χ0v) is 12.6. The Labute approximate surface area is 133 Å². The molecule has 0 aliphatic rings. The molecule has 23 heavy (non-hydrogen) atoms. The number of anilines is 1. The molecule has 1 amide bonds. The summed E-state index contributed by atoms with van der Waals surface area (Å²) in [5.41, 5.74) is -0.872. The van der Waals surface area contributed by atoms with Gasteiger partial charge in [-0.3, -0.25) is 4.79 Å². The lowest BCUT2D eigenvalue weighted by atomic mass is 9.85. The third kappa shape index (κ3) is 2.86. The summed E-state index contributed by atoms with van der Waals surface area (Å²) in [6, 6.07) is 19.2. The van der Waals surface area contributed by atoms with E-state index in [1.165, 1.54) is 0 Å². The number of aliphatic hydroxyl groups is 1. The number of nitrogens with zero attached hydrogens (tertiary/aromatic N) is 1. The quantitative estimate of drug-likeness (QED) is 0.777. The van der Waals surface area contributed by atoms with Crippen molar-refractivity contribution >= 4 is 11.7 Å². The molecular weight excluding hydrogens is 292 g/mol. The van der Waals surface area contributed by atoms with Crippen LogP contribution >= 0.6 is 0 Å². The summed E-state index contributed by atoms with van der Waals surface area (Å²) in [6.45, 7) is 1.73. The van der Waals surface area contributed by atoms with Crippen LogP contribution in [0.25, 0.3) is 0 Å². The van der Waals surface area contributed by atoms with Gasteiger partial charge in [0.15, 0.2) is 11.4 Å². The fraction of sp³-hybridized carbons (Fsp3) is 0.111. The van der Waals surface area contributed by atoms with Crippen LogP contribution in [0, 0.1) is 6.92 Å². The molecule has 3 aromatic rings. The van der Waals surface area contributed by atoms with Gasteiger partial charge in [-0.1, -0.05) is 65.8 Å². The molecule has 0 unspecified atom stereocenters. The number of hydrogen-bond acceptors (Lipinski definition) is 4. The molecule has 1 aromatic heterocycles. The lowest BCUT2D eigenvalue weighted by Gasteiger charge is -2.27. The molecule has 2 aromatic carbocycles. The highest BCUT2D eigenvalue weighted by Gasteiger charge is 2.40. The van der Waals surface area contributed by atoms with Gasteiger partial charge in [-0.15, -0.1) is 0 Å². The highest BCUT2D eigenvalue weighted by atomic mass is 16.5. The SMILES string of the molecule is Cc1cc(NC(=O)C(O)(c2ccccc2)c2ccccc2)no1. The van der Waals surface area contributed by atoms with E-state index in [-0.39, 0.29) is 5.82 Å². The second-order valence-electron chi connectivity index (χ2n) is 5.22. The van der Waals surface area contributed by atoms with Gasteiger partial charge in [0.25, 0.3) is 5.91 Å². The number of aromatic nitrogens is 1. The molecule has 2 N–H and O–H groups in total. The second-order valence-corrected chi connectivity index (χ2v) is 5.22. The van der Waals surface area contributed by atoms with Crippen molar-refractivity contribution in [1.29, 1.82) is 0 Å². The van der Waals surface area contributed by atoms with Crippen molar-refractivity contribution < 1.29 is 14.4 Å². The van der Waals surface area contributed by atoms with Gasteiger partial charge in [0.1, 0.15) is 5.76 Å². The molecular formula is C18H16N2O3. The van der Waals surface area contributed by atoms with Crippen LogP contribution in [0.4, 0.5) is 5.82 Å². The van der Waals surface area contributed by atoms with Gasteiger partial charge in [-0.05, 0) is 18.1 Å². The second kappa shape index (κ2) is 6.06. The van der Waals surface area contributed by atoms with Gasteiger partial charge in [0, 0.05) is 6.07 Å². The van der Waals surface area contributed by atoms with Crippen molar-refractivity contribution in [1.82, 2.24) is 5.16 Å². The van der Waals surface area contributed by atoms with E-state index in [0.29, 0.717) is 16.9 Å². The van der Waals surface area contributed by atoms with Crippen LogP contribution in [-0.2, 0) is 10.4 Å². The van der Waals surface area contributed by atoms with Crippen LogP contribution in [0.1, 0.15) is 16.9 Å². The van der Waals surface area contributed by atoms with E-state index in [1.807, 2.05) is 12.1 Å². The summed E-state index contributed by atoms with van der Waals surface area (Å²) in [5, 5.41) is 17.6. The molecule has 5 heteroatoms. The molecule has 3 rings (SSSR count). The number of hydrogen-bond donors (Lipinski definition) is 2. The molecule has 0 aliphatic carbocycles. The minimum Gasteiger partial charge on any atom is -0.372 e. The third-order valence-corrected chi connectivity index (χ3v) is 3.58. The zero-order chi connectivity index (χ0) is 16.3. The summed E-state index contributed by atoms with van der Waals surface area (Å²) < 4.78 is 4.94. The maximum atomic E-state index is 12.8. The zero-order valence-electron chi connectivity index (χ0n) is 12.6. The lowest BCUT2D eigenvalue weighted by Crippen LogP contribution is -2.41. The van der Waals surface area contributed by atoms with Gasteiger partial charge in [-0.25, -0.2) is 0 Å². The fourth-order valence-electron chi connectivity index (χ4n) is 2.42.